The summed E-state index contributed by atoms with van der Waals surface area (Å²) < 4.78 is 2.16. The number of nitrogens with zero attached hydrogens (tertiary/aromatic N) is 3. The van der Waals surface area contributed by atoms with E-state index in [1.165, 1.54) is 0 Å². The topological polar surface area (TPSA) is 30.7 Å². The van der Waals surface area contributed by atoms with Crippen molar-refractivity contribution in [3.63, 3.8) is 0 Å². The first kappa shape index (κ1) is 14.8. The Morgan fingerprint density at radius 2 is 1.38 bits per heavy atom. The normalized spacial score (nSPS) is 11.3. The number of fused-ring (bicyclic) bond motifs is 2. The standard InChI is InChI=1S/C23H17N3/c1-26-22-14-8-7-13-20(22)25-23(26)18-15-21(16-9-3-2-4-10-16)24-19-12-6-5-11-17(18)19/h2-15H,1H3. The molecule has 3 nitrogen and oxygen atoms in total. The van der Waals surface area contributed by atoms with E-state index in [-0.39, 0.29) is 0 Å². The van der Waals surface area contributed by atoms with E-state index in [0.29, 0.717) is 0 Å². The van der Waals surface area contributed by atoms with Gasteiger partial charge in [0.2, 0.25) is 0 Å². The third-order valence-electron chi connectivity index (χ3n) is 4.81. The zero-order valence-corrected chi connectivity index (χ0v) is 14.4. The highest BCUT2D eigenvalue weighted by Gasteiger charge is 2.15. The van der Waals surface area contributed by atoms with Gasteiger partial charge in [0.25, 0.3) is 0 Å². The van der Waals surface area contributed by atoms with Crippen molar-refractivity contribution in [2.45, 2.75) is 0 Å². The number of benzene rings is 3. The van der Waals surface area contributed by atoms with Crippen molar-refractivity contribution in [1.82, 2.24) is 14.5 Å². The highest BCUT2D eigenvalue weighted by atomic mass is 15.1. The second kappa shape index (κ2) is 5.81. The predicted molar refractivity (Wildman–Crippen MR) is 107 cm³/mol. The van der Waals surface area contributed by atoms with Crippen LogP contribution in [-0.2, 0) is 7.05 Å². The fourth-order valence-corrected chi connectivity index (χ4v) is 3.50. The Bertz CT molecular complexity index is 1240. The number of aryl methyl sites for hydroxylation is 1. The summed E-state index contributed by atoms with van der Waals surface area (Å²) in [6.07, 6.45) is 0. The molecule has 0 bridgehead atoms. The highest BCUT2D eigenvalue weighted by Crippen LogP contribution is 2.32. The van der Waals surface area contributed by atoms with Crippen LogP contribution in [0, 0.1) is 0 Å². The Labute approximate surface area is 151 Å². The molecule has 5 aromatic rings. The maximum atomic E-state index is 4.90. The first-order chi connectivity index (χ1) is 12.8. The second-order valence-electron chi connectivity index (χ2n) is 6.42. The minimum absolute atomic E-state index is 0.960. The zero-order chi connectivity index (χ0) is 17.5. The fraction of sp³-hybridized carbons (Fsp3) is 0.0435. The van der Waals surface area contributed by atoms with Crippen molar-refractivity contribution in [2.24, 2.45) is 7.05 Å². The molecule has 26 heavy (non-hydrogen) atoms. The van der Waals surface area contributed by atoms with E-state index in [1.807, 2.05) is 36.4 Å². The predicted octanol–water partition coefficient (Wildman–Crippen LogP) is 5.46. The molecule has 0 amide bonds. The summed E-state index contributed by atoms with van der Waals surface area (Å²) in [4.78, 5) is 9.78. The van der Waals surface area contributed by atoms with Gasteiger partial charge in [-0.3, -0.25) is 0 Å². The molecule has 0 saturated heterocycles. The quantitative estimate of drug-likeness (QED) is 0.429. The van der Waals surface area contributed by atoms with Crippen molar-refractivity contribution in [3.05, 3.63) is 84.9 Å². The monoisotopic (exact) mass is 335 g/mol. The van der Waals surface area contributed by atoms with Crippen LogP contribution in [0.3, 0.4) is 0 Å². The molecule has 2 aromatic heterocycles. The molecule has 0 aliphatic heterocycles. The first-order valence-electron chi connectivity index (χ1n) is 8.68. The van der Waals surface area contributed by atoms with Crippen LogP contribution in [0.1, 0.15) is 0 Å². The number of imidazole rings is 1. The SMILES string of the molecule is Cn1c(-c2cc(-c3ccccc3)nc3ccccc23)nc2ccccc21. The van der Waals surface area contributed by atoms with Gasteiger partial charge in [0, 0.05) is 23.6 Å². The lowest BCUT2D eigenvalue weighted by Gasteiger charge is -2.10. The van der Waals surface area contributed by atoms with Crippen LogP contribution >= 0.6 is 0 Å². The minimum atomic E-state index is 0.960. The van der Waals surface area contributed by atoms with Crippen molar-refractivity contribution < 1.29 is 0 Å². The highest BCUT2D eigenvalue weighted by molar-refractivity contribution is 5.96. The maximum Gasteiger partial charge on any atom is 0.141 e. The largest absolute Gasteiger partial charge is 0.327 e. The van der Waals surface area contributed by atoms with Crippen LogP contribution in [0.4, 0.5) is 0 Å². The summed E-state index contributed by atoms with van der Waals surface area (Å²) in [7, 11) is 2.07. The summed E-state index contributed by atoms with van der Waals surface area (Å²) in [5.41, 5.74) is 6.30. The van der Waals surface area contributed by atoms with Crippen molar-refractivity contribution in [1.29, 1.82) is 0 Å². The van der Waals surface area contributed by atoms with Crippen LogP contribution in [-0.4, -0.2) is 14.5 Å². The summed E-state index contributed by atoms with van der Waals surface area (Å²) in [5, 5.41) is 1.12. The number of hydrogen-bond donors (Lipinski definition) is 0. The van der Waals surface area contributed by atoms with Gasteiger partial charge in [0.15, 0.2) is 0 Å². The molecule has 124 valence electrons. The van der Waals surface area contributed by atoms with E-state index in [4.69, 9.17) is 9.97 Å². The Hall–Kier alpha value is -3.46. The van der Waals surface area contributed by atoms with E-state index >= 15 is 0 Å². The van der Waals surface area contributed by atoms with Crippen molar-refractivity contribution in [3.8, 4) is 22.6 Å². The zero-order valence-electron chi connectivity index (χ0n) is 14.4. The van der Waals surface area contributed by atoms with Gasteiger partial charge in [-0.25, -0.2) is 9.97 Å². The van der Waals surface area contributed by atoms with Gasteiger partial charge in [0.1, 0.15) is 5.82 Å². The number of pyridine rings is 1. The lowest BCUT2D eigenvalue weighted by molar-refractivity contribution is 0.960. The Kier molecular flexibility index (Phi) is 3.32. The van der Waals surface area contributed by atoms with Crippen LogP contribution in [0.2, 0.25) is 0 Å². The van der Waals surface area contributed by atoms with E-state index in [1.54, 1.807) is 0 Å². The maximum absolute atomic E-state index is 4.90. The molecule has 0 saturated carbocycles. The fourth-order valence-electron chi connectivity index (χ4n) is 3.50. The number of aromatic nitrogens is 3. The molecule has 0 aliphatic rings. The Morgan fingerprint density at radius 3 is 2.19 bits per heavy atom. The van der Waals surface area contributed by atoms with Gasteiger partial charge >= 0.3 is 0 Å². The molecule has 0 unspecified atom stereocenters. The third kappa shape index (κ3) is 2.29. The lowest BCUT2D eigenvalue weighted by Crippen LogP contribution is -1.96. The van der Waals surface area contributed by atoms with Gasteiger partial charge in [-0.1, -0.05) is 60.7 Å². The summed E-state index contributed by atoms with van der Waals surface area (Å²) in [6.45, 7) is 0. The molecule has 3 aromatic carbocycles. The van der Waals surface area contributed by atoms with Gasteiger partial charge in [-0.15, -0.1) is 0 Å². The van der Waals surface area contributed by atoms with Crippen molar-refractivity contribution in [2.75, 3.05) is 0 Å². The molecule has 0 atom stereocenters. The molecule has 0 fully saturated rings. The average Bonchev–Trinajstić information content (AvgIpc) is 3.04. The van der Waals surface area contributed by atoms with Crippen LogP contribution in [0.5, 0.6) is 0 Å². The van der Waals surface area contributed by atoms with Gasteiger partial charge < -0.3 is 4.57 Å². The van der Waals surface area contributed by atoms with E-state index in [2.05, 4.69) is 60.1 Å². The summed E-state index contributed by atoms with van der Waals surface area (Å²) >= 11 is 0. The Morgan fingerprint density at radius 1 is 0.692 bits per heavy atom. The second-order valence-corrected chi connectivity index (χ2v) is 6.42. The molecule has 0 N–H and O–H groups in total. The molecule has 0 spiro atoms. The molecule has 0 aliphatic carbocycles. The summed E-state index contributed by atoms with van der Waals surface area (Å²) in [6, 6.07) is 28.9. The smallest absolute Gasteiger partial charge is 0.141 e. The van der Waals surface area contributed by atoms with Gasteiger partial charge in [-0.2, -0.15) is 0 Å². The van der Waals surface area contributed by atoms with Crippen LogP contribution < -0.4 is 0 Å². The van der Waals surface area contributed by atoms with E-state index in [9.17, 15) is 0 Å². The minimum Gasteiger partial charge on any atom is -0.327 e. The van der Waals surface area contributed by atoms with Gasteiger partial charge in [-0.05, 0) is 24.3 Å². The van der Waals surface area contributed by atoms with Crippen LogP contribution in [0.15, 0.2) is 84.9 Å². The molecule has 5 rings (SSSR count). The molecular formula is C23H17N3. The number of para-hydroxylation sites is 3. The van der Waals surface area contributed by atoms with Crippen molar-refractivity contribution >= 4 is 21.9 Å². The number of hydrogen-bond acceptors (Lipinski definition) is 2. The lowest BCUT2D eigenvalue weighted by atomic mass is 10.0. The number of rotatable bonds is 2. The summed E-state index contributed by atoms with van der Waals surface area (Å²) in [5.74, 6) is 0.960. The average molecular weight is 335 g/mol. The molecule has 3 heteroatoms. The van der Waals surface area contributed by atoms with E-state index < -0.39 is 0 Å². The van der Waals surface area contributed by atoms with E-state index in [0.717, 1.165) is 44.6 Å². The molecular weight excluding hydrogens is 318 g/mol. The molecule has 0 radical (unpaired) electrons. The Balaban J connectivity index is 1.85. The van der Waals surface area contributed by atoms with Crippen LogP contribution in [0.25, 0.3) is 44.6 Å². The molecule has 2 heterocycles. The third-order valence-corrected chi connectivity index (χ3v) is 4.81. The first-order valence-corrected chi connectivity index (χ1v) is 8.68. The van der Waals surface area contributed by atoms with Gasteiger partial charge in [0.05, 0.1) is 22.2 Å².